The van der Waals surface area contributed by atoms with Gasteiger partial charge in [-0.3, -0.25) is 9.59 Å². The van der Waals surface area contributed by atoms with Crippen LogP contribution in [0.2, 0.25) is 0 Å². The topological polar surface area (TPSA) is 112 Å². The Morgan fingerprint density at radius 2 is 1.03 bits per heavy atom. The highest BCUT2D eigenvalue weighted by molar-refractivity contribution is 6.00. The molecule has 0 atom stereocenters. The average Bonchev–Trinajstić information content (AvgIpc) is 2.77. The first-order valence-corrected chi connectivity index (χ1v) is 9.83. The van der Waals surface area contributed by atoms with E-state index in [1.165, 1.54) is 40.6 Å². The van der Waals surface area contributed by atoms with Gasteiger partial charge >= 0.3 is 0 Å². The summed E-state index contributed by atoms with van der Waals surface area (Å²) in [7, 11) is 5.67. The molecule has 0 amide bonds. The van der Waals surface area contributed by atoms with Crippen LogP contribution in [-0.4, -0.2) is 50.2 Å². The van der Waals surface area contributed by atoms with Gasteiger partial charge in [0.25, 0.3) is 0 Å². The van der Waals surface area contributed by atoms with E-state index in [1.54, 1.807) is 12.1 Å². The molecule has 0 bridgehead atoms. The second-order valence-electron chi connectivity index (χ2n) is 6.80. The summed E-state index contributed by atoms with van der Waals surface area (Å²) in [6.07, 6.45) is 2.19. The predicted molar refractivity (Wildman–Crippen MR) is 114 cm³/mol. The minimum absolute atomic E-state index is 0.119. The summed E-state index contributed by atoms with van der Waals surface area (Å²) in [5.41, 5.74) is 0.341. The highest BCUT2D eigenvalue weighted by Gasteiger charge is 2.20. The number of hydrogen-bond donors (Lipinski definition) is 2. The van der Waals surface area contributed by atoms with E-state index < -0.39 is 0 Å². The lowest BCUT2D eigenvalue weighted by molar-refractivity contribution is 0.0975. The number of carbonyl (C=O) groups excluding carboxylic acids is 2. The number of phenols is 2. The van der Waals surface area contributed by atoms with Gasteiger partial charge in [-0.05, 0) is 37.1 Å². The minimum Gasteiger partial charge on any atom is -0.504 e. The molecular formula is C23H28O8. The number of methoxy groups -OCH3 is 4. The van der Waals surface area contributed by atoms with Crippen LogP contribution in [0.1, 0.15) is 52.8 Å². The molecule has 31 heavy (non-hydrogen) atoms. The van der Waals surface area contributed by atoms with Crippen molar-refractivity contribution in [3.05, 3.63) is 35.4 Å². The number of phenolic OH excluding ortho intramolecular Hbond substituents is 2. The Hall–Kier alpha value is -3.42. The molecule has 0 aliphatic carbocycles. The fraction of sp³-hybridized carbons (Fsp3) is 0.391. The number of aromatic hydroxyl groups is 2. The van der Waals surface area contributed by atoms with E-state index in [-0.39, 0.29) is 58.5 Å². The molecular weight excluding hydrogens is 404 g/mol. The van der Waals surface area contributed by atoms with Gasteiger partial charge in [-0.2, -0.15) is 0 Å². The van der Waals surface area contributed by atoms with Crippen molar-refractivity contribution in [3.8, 4) is 34.5 Å². The predicted octanol–water partition coefficient (Wildman–Crippen LogP) is 4.15. The molecule has 2 rings (SSSR count). The van der Waals surface area contributed by atoms with Gasteiger partial charge in [-0.25, -0.2) is 0 Å². The number of ketones is 2. The lowest BCUT2D eigenvalue weighted by atomic mass is 10.00. The maximum absolute atomic E-state index is 12.4. The molecule has 8 heteroatoms. The second-order valence-corrected chi connectivity index (χ2v) is 6.80. The van der Waals surface area contributed by atoms with Gasteiger partial charge in [-0.15, -0.1) is 0 Å². The van der Waals surface area contributed by atoms with Crippen molar-refractivity contribution in [2.45, 2.75) is 32.1 Å². The fourth-order valence-electron chi connectivity index (χ4n) is 3.29. The average molecular weight is 432 g/mol. The third-order valence-corrected chi connectivity index (χ3v) is 4.95. The molecule has 168 valence electrons. The van der Waals surface area contributed by atoms with Gasteiger partial charge in [-0.1, -0.05) is 6.42 Å². The van der Waals surface area contributed by atoms with E-state index in [4.69, 9.17) is 18.9 Å². The molecule has 0 heterocycles. The highest BCUT2D eigenvalue weighted by Crippen LogP contribution is 2.40. The molecule has 0 saturated carbocycles. The normalized spacial score (nSPS) is 10.5. The number of Topliss-reactive ketones (excluding diaryl/α,β-unsaturated/α-hetero) is 2. The third kappa shape index (κ3) is 5.39. The first-order valence-electron chi connectivity index (χ1n) is 9.83. The fourth-order valence-corrected chi connectivity index (χ4v) is 3.29. The Balaban J connectivity index is 1.89. The van der Waals surface area contributed by atoms with E-state index >= 15 is 0 Å². The van der Waals surface area contributed by atoms with Crippen molar-refractivity contribution in [2.24, 2.45) is 0 Å². The zero-order valence-corrected chi connectivity index (χ0v) is 18.2. The van der Waals surface area contributed by atoms with Gasteiger partial charge in [0.05, 0.1) is 39.6 Å². The number of hydrogen-bond acceptors (Lipinski definition) is 8. The summed E-state index contributed by atoms with van der Waals surface area (Å²) < 4.78 is 20.4. The van der Waals surface area contributed by atoms with Crippen LogP contribution in [0.4, 0.5) is 0 Å². The van der Waals surface area contributed by atoms with Crippen molar-refractivity contribution >= 4 is 11.6 Å². The molecule has 0 fully saturated rings. The highest BCUT2D eigenvalue weighted by atomic mass is 16.5. The molecule has 2 N–H and O–H groups in total. The van der Waals surface area contributed by atoms with Crippen LogP contribution in [-0.2, 0) is 0 Å². The summed E-state index contributed by atoms with van der Waals surface area (Å²) in [5.74, 6) is -0.00848. The van der Waals surface area contributed by atoms with E-state index in [0.29, 0.717) is 30.8 Å². The van der Waals surface area contributed by atoms with Crippen molar-refractivity contribution in [1.29, 1.82) is 0 Å². The molecule has 0 saturated heterocycles. The lowest BCUT2D eigenvalue weighted by Crippen LogP contribution is -2.03. The number of rotatable bonds is 12. The molecule has 8 nitrogen and oxygen atoms in total. The molecule has 0 aliphatic heterocycles. The largest absolute Gasteiger partial charge is 0.504 e. The molecule has 0 aromatic heterocycles. The number of benzene rings is 2. The van der Waals surface area contributed by atoms with Gasteiger partial charge in [0.2, 0.25) is 11.5 Å². The summed E-state index contributed by atoms with van der Waals surface area (Å²) in [4.78, 5) is 24.9. The lowest BCUT2D eigenvalue weighted by Gasteiger charge is -2.12. The van der Waals surface area contributed by atoms with Crippen LogP contribution >= 0.6 is 0 Å². The first kappa shape index (κ1) is 23.9. The van der Waals surface area contributed by atoms with E-state index in [1.807, 2.05) is 0 Å². The van der Waals surface area contributed by atoms with E-state index in [0.717, 1.165) is 0 Å². The first-order chi connectivity index (χ1) is 14.9. The number of carbonyl (C=O) groups is 2. The van der Waals surface area contributed by atoms with Crippen LogP contribution in [0.25, 0.3) is 0 Å². The zero-order chi connectivity index (χ0) is 23.0. The Morgan fingerprint density at radius 1 is 0.645 bits per heavy atom. The molecule has 0 spiro atoms. The van der Waals surface area contributed by atoms with E-state index in [2.05, 4.69) is 0 Å². The van der Waals surface area contributed by atoms with Gasteiger partial charge in [0.1, 0.15) is 0 Å². The number of ether oxygens (including phenoxy) is 4. The maximum atomic E-state index is 12.4. The smallest absolute Gasteiger partial charge is 0.203 e. The summed E-state index contributed by atoms with van der Waals surface area (Å²) >= 11 is 0. The standard InChI is InChI=1S/C23H28O8/c1-28-18-12-10-14(20(26)22(18)30-3)16(24)8-6-5-7-9-17(25)15-11-13-19(29-2)23(31-4)21(15)27/h10-13,26-27H,5-9H2,1-4H3. The summed E-state index contributed by atoms with van der Waals surface area (Å²) in [6, 6.07) is 6.14. The van der Waals surface area contributed by atoms with Crippen LogP contribution < -0.4 is 18.9 Å². The Labute approximate surface area is 181 Å². The Bertz CT molecular complexity index is 860. The molecule has 0 aliphatic rings. The molecule has 0 unspecified atom stereocenters. The minimum atomic E-state index is -0.244. The SMILES string of the molecule is COc1ccc(C(=O)CCCCCC(=O)c2ccc(OC)c(OC)c2O)c(O)c1OC. The van der Waals surface area contributed by atoms with Crippen molar-refractivity contribution in [2.75, 3.05) is 28.4 Å². The molecule has 2 aromatic rings. The van der Waals surface area contributed by atoms with Crippen LogP contribution in [0.15, 0.2) is 24.3 Å². The Kier molecular flexibility index (Phi) is 8.54. The quantitative estimate of drug-likeness (QED) is 0.380. The summed E-state index contributed by atoms with van der Waals surface area (Å²) in [6.45, 7) is 0. The van der Waals surface area contributed by atoms with Crippen LogP contribution in [0.3, 0.4) is 0 Å². The maximum Gasteiger partial charge on any atom is 0.203 e. The number of unbranched alkanes of at least 4 members (excludes halogenated alkanes) is 2. The van der Waals surface area contributed by atoms with Gasteiger partial charge < -0.3 is 29.2 Å². The molecule has 0 radical (unpaired) electrons. The van der Waals surface area contributed by atoms with E-state index in [9.17, 15) is 19.8 Å². The van der Waals surface area contributed by atoms with Crippen molar-refractivity contribution in [3.63, 3.8) is 0 Å². The van der Waals surface area contributed by atoms with Crippen LogP contribution in [0.5, 0.6) is 34.5 Å². The third-order valence-electron chi connectivity index (χ3n) is 4.95. The monoisotopic (exact) mass is 432 g/mol. The van der Waals surface area contributed by atoms with Crippen molar-refractivity contribution < 1.29 is 38.7 Å². The van der Waals surface area contributed by atoms with Crippen LogP contribution in [0, 0.1) is 0 Å². The zero-order valence-electron chi connectivity index (χ0n) is 18.2. The van der Waals surface area contributed by atoms with Crippen molar-refractivity contribution in [1.82, 2.24) is 0 Å². The van der Waals surface area contributed by atoms with Gasteiger partial charge in [0, 0.05) is 12.8 Å². The second kappa shape index (κ2) is 11.1. The Morgan fingerprint density at radius 3 is 1.35 bits per heavy atom. The summed E-state index contributed by atoms with van der Waals surface area (Å²) in [5, 5.41) is 20.5. The molecule has 2 aromatic carbocycles. The van der Waals surface area contributed by atoms with Gasteiger partial charge in [0.15, 0.2) is 34.6 Å².